The van der Waals surface area contributed by atoms with Gasteiger partial charge < -0.3 is 74.4 Å². The molecule has 758 valence electrons. The van der Waals surface area contributed by atoms with E-state index in [-0.39, 0.29) is 170 Å². The normalized spacial score (nSPS) is 18.9. The first kappa shape index (κ1) is 121. The van der Waals surface area contributed by atoms with Crippen molar-refractivity contribution >= 4 is 93.3 Å². The number of likely N-dealkylation sites (N-methyl/N-ethyl adjacent to an activating group) is 4. The van der Waals surface area contributed by atoms with E-state index in [4.69, 9.17) is 0 Å². The van der Waals surface area contributed by atoms with Crippen LogP contribution in [0.1, 0.15) is 374 Å². The van der Waals surface area contributed by atoms with Gasteiger partial charge in [-0.05, 0) is 297 Å². The Bertz CT molecular complexity index is 3500. The molecule has 10 aliphatic rings. The molecule has 0 aromatic carbocycles. The second-order valence-corrected chi connectivity index (χ2v) is 47.1. The third-order valence-corrected chi connectivity index (χ3v) is 22.4. The fraction of sp³-hybridized carbons (Fsp3) is 0.843. The molecular formula is C102H184N14O16. The van der Waals surface area contributed by atoms with Gasteiger partial charge in [0, 0.05) is 97.9 Å². The molecule has 30 heteroatoms. The minimum Gasteiger partial charge on any atom is -0.353 e. The van der Waals surface area contributed by atoms with Gasteiger partial charge in [-0.3, -0.25) is 76.7 Å². The summed E-state index contributed by atoms with van der Waals surface area (Å²) in [6.07, 6.45) is 29.5. The third-order valence-electron chi connectivity index (χ3n) is 22.4. The van der Waals surface area contributed by atoms with Gasteiger partial charge in [0.2, 0.25) is 46.3 Å². The summed E-state index contributed by atoms with van der Waals surface area (Å²) >= 11 is 0. The smallest absolute Gasteiger partial charge is 0.289 e. The number of carbonyl (C=O) groups excluding carboxylic acids is 16. The Kier molecular flexibility index (Phi) is 50.0. The topological polar surface area (TPSA) is 442 Å². The van der Waals surface area contributed by atoms with Crippen LogP contribution in [0.4, 0.5) is 0 Å². The van der Waals surface area contributed by atoms with Crippen LogP contribution in [0.2, 0.25) is 0 Å². The van der Waals surface area contributed by atoms with Crippen molar-refractivity contribution in [1.29, 1.82) is 0 Å². The molecule has 6 amide bonds. The lowest BCUT2D eigenvalue weighted by Gasteiger charge is -2.27. The zero-order valence-corrected chi connectivity index (χ0v) is 86.4. The first-order valence-electron chi connectivity index (χ1n) is 49.2. The number of carbonyl (C=O) groups is 16. The number of hydrogen-bond acceptors (Lipinski definition) is 24. The highest BCUT2D eigenvalue weighted by molar-refractivity contribution is 6.41. The molecule has 10 rings (SSSR count). The molecule has 10 fully saturated rings. The minimum absolute atomic E-state index is 0. The quantitative estimate of drug-likeness (QED) is 0.0252. The van der Waals surface area contributed by atoms with E-state index in [0.29, 0.717) is 53.9 Å². The second-order valence-electron chi connectivity index (χ2n) is 47.1. The summed E-state index contributed by atoms with van der Waals surface area (Å²) in [4.78, 5) is 187. The molecule has 0 aliphatic heterocycles. The molecular weight excluding hydrogens is 1680 g/mol. The molecule has 0 heterocycles. The minimum atomic E-state index is -0.498. The monoisotopic (exact) mass is 1860 g/mol. The second kappa shape index (κ2) is 54.4. The van der Waals surface area contributed by atoms with Crippen LogP contribution >= 0.6 is 0 Å². The van der Waals surface area contributed by atoms with E-state index < -0.39 is 35.4 Å². The first-order valence-corrected chi connectivity index (χ1v) is 49.2. The van der Waals surface area contributed by atoms with E-state index in [0.717, 1.165) is 77.0 Å². The molecule has 30 nitrogen and oxygen atoms in total. The molecule has 10 aliphatic carbocycles. The lowest BCUT2D eigenvalue weighted by atomic mass is 9.99. The van der Waals surface area contributed by atoms with Crippen LogP contribution in [0, 0.1) is 47.3 Å². The molecule has 14 N–H and O–H groups in total. The van der Waals surface area contributed by atoms with Crippen LogP contribution in [-0.4, -0.2) is 226 Å². The van der Waals surface area contributed by atoms with Crippen molar-refractivity contribution in [2.45, 2.75) is 479 Å². The Balaban J connectivity index is 0.000000510. The van der Waals surface area contributed by atoms with Gasteiger partial charge in [-0.2, -0.15) is 0 Å². The van der Waals surface area contributed by atoms with Crippen LogP contribution in [0.3, 0.4) is 0 Å². The summed E-state index contributed by atoms with van der Waals surface area (Å²) in [6, 6.07) is -2.07. The Labute approximate surface area is 794 Å². The number of Topliss-reactive ketones (excluding diaryl/α,β-unsaturated/α-hetero) is 10. The van der Waals surface area contributed by atoms with Crippen molar-refractivity contribution in [3.63, 3.8) is 0 Å². The lowest BCUT2D eigenvalue weighted by Crippen LogP contribution is -2.52. The van der Waals surface area contributed by atoms with Gasteiger partial charge in [0.25, 0.3) is 35.4 Å². The number of ketones is 10. The largest absolute Gasteiger partial charge is 0.353 e. The number of hydrogen-bond donors (Lipinski definition) is 14. The van der Waals surface area contributed by atoms with Gasteiger partial charge in [-0.15, -0.1) is 0 Å². The maximum atomic E-state index is 12.2. The van der Waals surface area contributed by atoms with E-state index in [2.05, 4.69) is 74.4 Å². The SMILES string of the molecule is C.CC(=O)C(=O)C(CC1CC1)NC(C)(C)C.CC(=O)C(=O)[C@H](CC1CC1)NC(C)(C)C.CC(C)(C)NC(CC1CC1)C(=O)C(=O)NC1CC1.CC(C)(C)N[C@@H](CC1CC1)C(=O)C(=O)NC1CC1.CCNC(=O)C(=O)C(CC1CC1)NC(C)(C)C.CNC(=O)C(=O)C(CC1CC1)NC(C)(C)C.CNC(=O)C(=O)[C@H](CC1CC1)NC(C)(C)C.CNC(=O)C(=O)[C@H](CC1CC1)NC(C)(C)C. The highest BCUT2D eigenvalue weighted by Crippen LogP contribution is 2.40. The zero-order chi connectivity index (χ0) is 100. The van der Waals surface area contributed by atoms with Crippen LogP contribution in [0.25, 0.3) is 0 Å². The van der Waals surface area contributed by atoms with Gasteiger partial charge >= 0.3 is 0 Å². The van der Waals surface area contributed by atoms with Crippen LogP contribution < -0.4 is 74.4 Å². The van der Waals surface area contributed by atoms with Gasteiger partial charge in [0.1, 0.15) is 0 Å². The Morgan fingerprint density at radius 2 is 0.356 bits per heavy atom. The molecule has 0 saturated heterocycles. The van der Waals surface area contributed by atoms with Crippen molar-refractivity contribution in [2.24, 2.45) is 47.3 Å². The summed E-state index contributed by atoms with van der Waals surface area (Å²) in [7, 11) is 4.47. The van der Waals surface area contributed by atoms with E-state index in [1.54, 1.807) is 0 Å². The molecule has 4 unspecified atom stereocenters. The van der Waals surface area contributed by atoms with Gasteiger partial charge in [0.15, 0.2) is 11.6 Å². The van der Waals surface area contributed by atoms with Crippen LogP contribution in [0.5, 0.6) is 0 Å². The van der Waals surface area contributed by atoms with Crippen LogP contribution in [-0.2, 0) is 76.7 Å². The maximum Gasteiger partial charge on any atom is 0.289 e. The summed E-state index contributed by atoms with van der Waals surface area (Å²) in [6.45, 7) is 53.3. The van der Waals surface area contributed by atoms with Crippen molar-refractivity contribution in [3.8, 4) is 0 Å². The number of rotatable bonds is 43. The summed E-state index contributed by atoms with van der Waals surface area (Å²) in [5, 5.41) is 41.3. The van der Waals surface area contributed by atoms with Crippen LogP contribution in [0.15, 0.2) is 0 Å². The molecule has 0 spiro atoms. The van der Waals surface area contributed by atoms with Crippen molar-refractivity contribution in [2.75, 3.05) is 27.7 Å². The van der Waals surface area contributed by atoms with Crippen molar-refractivity contribution in [3.05, 3.63) is 0 Å². The zero-order valence-electron chi connectivity index (χ0n) is 86.4. The van der Waals surface area contributed by atoms with Gasteiger partial charge in [-0.25, -0.2) is 0 Å². The van der Waals surface area contributed by atoms with Crippen molar-refractivity contribution in [1.82, 2.24) is 74.4 Å². The molecule has 8 atom stereocenters. The standard InChI is InChI=1S/2C14H24N2O2.C13H24N2O2.3C12H22N2O2.2C12H21NO2.CH4/c2*1-14(2,3)16-11(8-9-4-5-9)12(17)13(18)15-10-6-7-10;1-5-14-12(17)11(16)10(8-9-6-7-9)15-13(2,3)4;3*1-12(2,3)14-9(7-8-5-6-8)10(15)11(16)13-4;2*1-8(14)11(15)10(7-9-5-6-9)13-12(2,3)4;/h2*9-11,16H,4-8H2,1-3H3,(H,15,18);9-10,15H,5-8H2,1-4H3,(H,14,17);3*8-9,14H,5-7H2,1-4H3,(H,13,16);2*9-10,13H,5-7H2,1-4H3;1H4/t11-;;;2*9-;;10-;;/m0..00.0../s1. The van der Waals surface area contributed by atoms with Gasteiger partial charge in [0.05, 0.1) is 48.3 Å². The molecule has 0 radical (unpaired) electrons. The van der Waals surface area contributed by atoms with E-state index in [1.165, 1.54) is 138 Å². The molecule has 10 saturated carbocycles. The third kappa shape index (κ3) is 59.3. The molecule has 0 bridgehead atoms. The number of nitrogens with one attached hydrogen (secondary N) is 14. The fourth-order valence-corrected chi connectivity index (χ4v) is 14.6. The summed E-state index contributed by atoms with van der Waals surface area (Å²) in [5.74, 6) is -0.876. The Hall–Kier alpha value is -6.80. The molecule has 0 aromatic rings. The van der Waals surface area contributed by atoms with E-state index in [9.17, 15) is 76.7 Å². The highest BCUT2D eigenvalue weighted by Gasteiger charge is 2.43. The molecule has 0 aromatic heterocycles. The Morgan fingerprint density at radius 3 is 0.470 bits per heavy atom. The fourth-order valence-electron chi connectivity index (χ4n) is 14.6. The predicted molar refractivity (Wildman–Crippen MR) is 524 cm³/mol. The summed E-state index contributed by atoms with van der Waals surface area (Å²) in [5.41, 5.74) is -1.13. The molecule has 132 heavy (non-hydrogen) atoms. The van der Waals surface area contributed by atoms with E-state index >= 15 is 0 Å². The Morgan fingerprint density at radius 1 is 0.220 bits per heavy atom. The van der Waals surface area contributed by atoms with E-state index in [1.807, 2.05) is 173 Å². The maximum absolute atomic E-state index is 12.2. The average molecular weight is 1860 g/mol. The first-order chi connectivity index (χ1) is 60.1. The van der Waals surface area contributed by atoms with Crippen molar-refractivity contribution < 1.29 is 76.7 Å². The summed E-state index contributed by atoms with van der Waals surface area (Å²) < 4.78 is 0. The predicted octanol–water partition coefficient (Wildman–Crippen LogP) is 10.6. The average Bonchev–Trinajstić information content (AvgIpc) is 1.79. The number of amides is 6. The lowest BCUT2D eigenvalue weighted by molar-refractivity contribution is -0.139. The highest BCUT2D eigenvalue weighted by atomic mass is 16.2. The van der Waals surface area contributed by atoms with Gasteiger partial charge in [-0.1, -0.05) is 110 Å².